The van der Waals surface area contributed by atoms with Crippen molar-refractivity contribution in [2.45, 2.75) is 25.6 Å². The number of benzene rings is 1. The van der Waals surface area contributed by atoms with Crippen LogP contribution >= 0.6 is 0 Å². The van der Waals surface area contributed by atoms with E-state index in [0.717, 1.165) is 0 Å². The quantitative estimate of drug-likeness (QED) is 0.679. The first kappa shape index (κ1) is 15.9. The molecule has 0 radical (unpaired) electrons. The van der Waals surface area contributed by atoms with Gasteiger partial charge in [0.15, 0.2) is 12.2 Å². The van der Waals surface area contributed by atoms with Crippen molar-refractivity contribution in [2.24, 2.45) is 0 Å². The molecule has 1 unspecified atom stereocenters. The van der Waals surface area contributed by atoms with Crippen LogP contribution in [0.5, 0.6) is 5.75 Å². The zero-order valence-corrected chi connectivity index (χ0v) is 10.9. The van der Waals surface area contributed by atoms with Crippen molar-refractivity contribution in [3.05, 3.63) is 30.1 Å². The van der Waals surface area contributed by atoms with Gasteiger partial charge in [0.25, 0.3) is 5.91 Å². The number of hydrogen-bond donors (Lipinski definition) is 3. The first-order chi connectivity index (χ1) is 9.40. The monoisotopic (exact) mass is 285 g/mol. The normalized spacial score (nSPS) is 13.3. The highest BCUT2D eigenvalue weighted by atomic mass is 19.1. The molecule has 1 aromatic rings. The van der Waals surface area contributed by atoms with Crippen LogP contribution in [-0.2, 0) is 9.59 Å². The van der Waals surface area contributed by atoms with Gasteiger partial charge in [0.1, 0.15) is 11.6 Å². The minimum absolute atomic E-state index is 0.0173. The van der Waals surface area contributed by atoms with Crippen LogP contribution in [0.15, 0.2) is 24.3 Å². The van der Waals surface area contributed by atoms with Crippen LogP contribution in [0.2, 0.25) is 0 Å². The molecule has 0 aliphatic carbocycles. The molecule has 0 saturated carbocycles. The standard InChI is InChI=1S/C13H16FNO5/c1-8(20-10-4-2-9(14)3-5-10)12(17)15-7-6-11(16)13(18)19/h2-5,8,11,16H,6-7H2,1H3,(H,15,17)(H,18,19)/t8?,11-/m0/s1. The van der Waals surface area contributed by atoms with E-state index in [1.165, 1.54) is 31.2 Å². The number of aliphatic hydroxyl groups is 1. The second kappa shape index (κ2) is 7.44. The zero-order chi connectivity index (χ0) is 15.1. The lowest BCUT2D eigenvalue weighted by atomic mass is 10.2. The maximum atomic E-state index is 12.7. The van der Waals surface area contributed by atoms with Gasteiger partial charge in [-0.05, 0) is 31.2 Å². The number of ether oxygens (including phenoxy) is 1. The maximum Gasteiger partial charge on any atom is 0.332 e. The number of nitrogens with one attached hydrogen (secondary N) is 1. The van der Waals surface area contributed by atoms with Crippen molar-refractivity contribution < 1.29 is 28.9 Å². The fraction of sp³-hybridized carbons (Fsp3) is 0.385. The summed E-state index contributed by atoms with van der Waals surface area (Å²) in [7, 11) is 0. The average Bonchev–Trinajstić information content (AvgIpc) is 2.40. The minimum atomic E-state index is -1.51. The van der Waals surface area contributed by atoms with Crippen LogP contribution in [0.25, 0.3) is 0 Å². The smallest absolute Gasteiger partial charge is 0.332 e. The first-order valence-corrected chi connectivity index (χ1v) is 6.01. The molecular weight excluding hydrogens is 269 g/mol. The zero-order valence-electron chi connectivity index (χ0n) is 10.9. The van der Waals surface area contributed by atoms with Gasteiger partial charge in [0.05, 0.1) is 0 Å². The van der Waals surface area contributed by atoms with Crippen LogP contribution < -0.4 is 10.1 Å². The molecule has 0 aliphatic rings. The molecule has 0 heterocycles. The highest BCUT2D eigenvalue weighted by Gasteiger charge is 2.16. The molecule has 1 aromatic carbocycles. The number of amides is 1. The lowest BCUT2D eigenvalue weighted by molar-refractivity contribution is -0.147. The third kappa shape index (κ3) is 5.23. The predicted octanol–water partition coefficient (Wildman–Crippen LogP) is 0.545. The Morgan fingerprint density at radius 1 is 1.35 bits per heavy atom. The fourth-order valence-corrected chi connectivity index (χ4v) is 1.37. The molecule has 0 aliphatic heterocycles. The van der Waals surface area contributed by atoms with E-state index in [9.17, 15) is 14.0 Å². The molecule has 6 nitrogen and oxygen atoms in total. The molecule has 7 heteroatoms. The molecule has 0 aromatic heterocycles. The lowest BCUT2D eigenvalue weighted by Gasteiger charge is -2.15. The molecule has 1 rings (SSSR count). The van der Waals surface area contributed by atoms with Crippen molar-refractivity contribution in [1.29, 1.82) is 0 Å². The number of rotatable bonds is 7. The van der Waals surface area contributed by atoms with Gasteiger partial charge in [-0.25, -0.2) is 9.18 Å². The Kier molecular flexibility index (Phi) is 5.92. The Morgan fingerprint density at radius 3 is 2.50 bits per heavy atom. The van der Waals surface area contributed by atoms with E-state index in [1.807, 2.05) is 0 Å². The summed E-state index contributed by atoms with van der Waals surface area (Å²) in [4.78, 5) is 22.0. The number of halogens is 1. The molecule has 0 fully saturated rings. The SMILES string of the molecule is CC(Oc1ccc(F)cc1)C(=O)NCC[C@H](O)C(=O)O. The van der Waals surface area contributed by atoms with Crippen LogP contribution in [0, 0.1) is 5.82 Å². The molecule has 0 saturated heterocycles. The third-order valence-electron chi connectivity index (χ3n) is 2.50. The summed E-state index contributed by atoms with van der Waals surface area (Å²) < 4.78 is 18.0. The maximum absolute atomic E-state index is 12.7. The van der Waals surface area contributed by atoms with Gasteiger partial charge in [-0.15, -0.1) is 0 Å². The van der Waals surface area contributed by atoms with Crippen molar-refractivity contribution in [2.75, 3.05) is 6.54 Å². The van der Waals surface area contributed by atoms with E-state index in [2.05, 4.69) is 5.32 Å². The van der Waals surface area contributed by atoms with E-state index in [4.69, 9.17) is 14.9 Å². The van der Waals surface area contributed by atoms with Crippen molar-refractivity contribution in [1.82, 2.24) is 5.32 Å². The summed E-state index contributed by atoms with van der Waals surface area (Å²) in [6, 6.07) is 5.22. The van der Waals surface area contributed by atoms with Crippen molar-refractivity contribution >= 4 is 11.9 Å². The highest BCUT2D eigenvalue weighted by molar-refractivity contribution is 5.80. The van der Waals surface area contributed by atoms with E-state index in [1.54, 1.807) is 0 Å². The van der Waals surface area contributed by atoms with Crippen molar-refractivity contribution in [3.8, 4) is 5.75 Å². The summed E-state index contributed by atoms with van der Waals surface area (Å²) in [6.07, 6.45) is -2.42. The Labute approximate surface area is 115 Å². The highest BCUT2D eigenvalue weighted by Crippen LogP contribution is 2.12. The van der Waals surface area contributed by atoms with Gasteiger partial charge in [-0.3, -0.25) is 4.79 Å². The number of carboxylic acid groups (broad SMARTS) is 1. The van der Waals surface area contributed by atoms with Gasteiger partial charge in [0, 0.05) is 13.0 Å². The van der Waals surface area contributed by atoms with Gasteiger partial charge >= 0.3 is 5.97 Å². The molecule has 3 N–H and O–H groups in total. The average molecular weight is 285 g/mol. The molecule has 1 amide bonds. The summed E-state index contributed by atoms with van der Waals surface area (Å²) in [6.45, 7) is 1.52. The van der Waals surface area contributed by atoms with E-state index < -0.39 is 29.9 Å². The lowest BCUT2D eigenvalue weighted by Crippen LogP contribution is -2.38. The molecule has 0 spiro atoms. The Bertz CT molecular complexity index is 462. The molecular formula is C13H16FNO5. The number of aliphatic carboxylic acids is 1. The van der Waals surface area contributed by atoms with Crippen molar-refractivity contribution in [3.63, 3.8) is 0 Å². The van der Waals surface area contributed by atoms with Crippen LogP contribution in [0.1, 0.15) is 13.3 Å². The van der Waals surface area contributed by atoms with Gasteiger partial charge in [0.2, 0.25) is 0 Å². The van der Waals surface area contributed by atoms with E-state index in [0.29, 0.717) is 5.75 Å². The van der Waals surface area contributed by atoms with Gasteiger partial charge in [-0.1, -0.05) is 0 Å². The van der Waals surface area contributed by atoms with Crippen LogP contribution in [-0.4, -0.2) is 40.8 Å². The molecule has 110 valence electrons. The number of carbonyl (C=O) groups excluding carboxylic acids is 1. The summed E-state index contributed by atoms with van der Waals surface area (Å²) >= 11 is 0. The number of hydrogen-bond acceptors (Lipinski definition) is 4. The van der Waals surface area contributed by atoms with E-state index in [-0.39, 0.29) is 13.0 Å². The Balaban J connectivity index is 2.35. The topological polar surface area (TPSA) is 95.9 Å². The molecule has 2 atom stereocenters. The van der Waals surface area contributed by atoms with Crippen LogP contribution in [0.4, 0.5) is 4.39 Å². The summed E-state index contributed by atoms with van der Waals surface area (Å²) in [5.74, 6) is -1.85. The summed E-state index contributed by atoms with van der Waals surface area (Å²) in [5.41, 5.74) is 0. The number of aliphatic hydroxyl groups excluding tert-OH is 1. The van der Waals surface area contributed by atoms with Gasteiger partial charge in [-0.2, -0.15) is 0 Å². The number of carboxylic acids is 1. The fourth-order valence-electron chi connectivity index (χ4n) is 1.37. The minimum Gasteiger partial charge on any atom is -0.481 e. The molecule has 0 bridgehead atoms. The Hall–Kier alpha value is -2.15. The second-order valence-electron chi connectivity index (χ2n) is 4.15. The van der Waals surface area contributed by atoms with Gasteiger partial charge < -0.3 is 20.3 Å². The number of carbonyl (C=O) groups is 2. The molecule has 20 heavy (non-hydrogen) atoms. The third-order valence-corrected chi connectivity index (χ3v) is 2.50. The predicted molar refractivity (Wildman–Crippen MR) is 67.8 cm³/mol. The summed E-state index contributed by atoms with van der Waals surface area (Å²) in [5, 5.41) is 19.9. The van der Waals surface area contributed by atoms with E-state index >= 15 is 0 Å². The second-order valence-corrected chi connectivity index (χ2v) is 4.15. The van der Waals surface area contributed by atoms with Crippen LogP contribution in [0.3, 0.4) is 0 Å². The largest absolute Gasteiger partial charge is 0.481 e. The first-order valence-electron chi connectivity index (χ1n) is 6.01. The Morgan fingerprint density at radius 2 is 1.95 bits per heavy atom.